The SMILES string of the molecule is NC(Cc1cn(CCCN2CCCC2)nn1)C(=O)O. The van der Waals surface area contributed by atoms with Crippen molar-refractivity contribution < 1.29 is 9.90 Å². The number of hydrogen-bond donors (Lipinski definition) is 2. The molecule has 0 radical (unpaired) electrons. The van der Waals surface area contributed by atoms with Gasteiger partial charge in [0.05, 0.1) is 5.69 Å². The van der Waals surface area contributed by atoms with Crippen LogP contribution in [0, 0.1) is 0 Å². The first-order valence-corrected chi connectivity index (χ1v) is 6.75. The van der Waals surface area contributed by atoms with Crippen LogP contribution in [-0.4, -0.2) is 56.6 Å². The van der Waals surface area contributed by atoms with Crippen molar-refractivity contribution in [1.29, 1.82) is 0 Å². The first kappa shape index (κ1) is 14.0. The summed E-state index contributed by atoms with van der Waals surface area (Å²) in [5.41, 5.74) is 6.09. The third-order valence-corrected chi connectivity index (χ3v) is 3.39. The molecule has 0 amide bonds. The van der Waals surface area contributed by atoms with Gasteiger partial charge in [-0.1, -0.05) is 5.21 Å². The Kier molecular flexibility index (Phi) is 4.86. The number of likely N-dealkylation sites (tertiary alicyclic amines) is 1. The molecule has 7 heteroatoms. The van der Waals surface area contributed by atoms with Gasteiger partial charge in [0.2, 0.25) is 0 Å². The molecule has 1 aliphatic heterocycles. The molecule has 0 bridgehead atoms. The highest BCUT2D eigenvalue weighted by atomic mass is 16.4. The first-order valence-electron chi connectivity index (χ1n) is 6.75. The van der Waals surface area contributed by atoms with Crippen LogP contribution >= 0.6 is 0 Å². The fourth-order valence-corrected chi connectivity index (χ4v) is 2.32. The van der Waals surface area contributed by atoms with E-state index < -0.39 is 12.0 Å². The second-order valence-electron chi connectivity index (χ2n) is 5.02. The second kappa shape index (κ2) is 6.63. The van der Waals surface area contributed by atoms with Crippen molar-refractivity contribution >= 4 is 5.97 Å². The fraction of sp³-hybridized carbons (Fsp3) is 0.750. The molecule has 7 nitrogen and oxygen atoms in total. The van der Waals surface area contributed by atoms with Crippen LogP contribution in [0.15, 0.2) is 6.20 Å². The van der Waals surface area contributed by atoms with Gasteiger partial charge in [-0.05, 0) is 38.9 Å². The monoisotopic (exact) mass is 267 g/mol. The number of carboxylic acid groups (broad SMARTS) is 1. The van der Waals surface area contributed by atoms with E-state index in [2.05, 4.69) is 15.2 Å². The zero-order valence-corrected chi connectivity index (χ0v) is 11.0. The highest BCUT2D eigenvalue weighted by Gasteiger charge is 2.14. The summed E-state index contributed by atoms with van der Waals surface area (Å²) in [6.07, 6.45) is 5.66. The van der Waals surface area contributed by atoms with Gasteiger partial charge >= 0.3 is 5.97 Å². The molecule has 3 N–H and O–H groups in total. The fourth-order valence-electron chi connectivity index (χ4n) is 2.32. The number of rotatable bonds is 7. The van der Waals surface area contributed by atoms with Crippen molar-refractivity contribution in [3.63, 3.8) is 0 Å². The normalized spacial score (nSPS) is 17.7. The maximum atomic E-state index is 10.6. The van der Waals surface area contributed by atoms with Crippen LogP contribution in [0.3, 0.4) is 0 Å². The number of aryl methyl sites for hydroxylation is 1. The number of carboxylic acids is 1. The minimum atomic E-state index is -1.01. The van der Waals surface area contributed by atoms with E-state index in [0.717, 1.165) is 19.5 Å². The van der Waals surface area contributed by atoms with E-state index in [1.165, 1.54) is 25.9 Å². The Morgan fingerprint density at radius 1 is 1.42 bits per heavy atom. The number of aromatic nitrogens is 3. The van der Waals surface area contributed by atoms with Gasteiger partial charge in [0.15, 0.2) is 0 Å². The minimum absolute atomic E-state index is 0.224. The summed E-state index contributed by atoms with van der Waals surface area (Å²) in [6.45, 7) is 4.31. The van der Waals surface area contributed by atoms with Crippen LogP contribution in [0.25, 0.3) is 0 Å². The molecule has 2 heterocycles. The lowest BCUT2D eigenvalue weighted by Crippen LogP contribution is -2.32. The molecule has 106 valence electrons. The number of hydrogen-bond acceptors (Lipinski definition) is 5. The molecule has 1 atom stereocenters. The topological polar surface area (TPSA) is 97.3 Å². The minimum Gasteiger partial charge on any atom is -0.480 e. The molecule has 1 unspecified atom stereocenters. The van der Waals surface area contributed by atoms with Crippen molar-refractivity contribution in [1.82, 2.24) is 19.9 Å². The molecule has 0 aliphatic carbocycles. The maximum absolute atomic E-state index is 10.6. The Labute approximate surface area is 112 Å². The van der Waals surface area contributed by atoms with Crippen molar-refractivity contribution in [2.24, 2.45) is 5.73 Å². The van der Waals surface area contributed by atoms with E-state index in [1.807, 2.05) is 0 Å². The molecule has 19 heavy (non-hydrogen) atoms. The predicted octanol–water partition coefficient (Wildman–Crippen LogP) is -0.282. The van der Waals surface area contributed by atoms with Crippen LogP contribution in [0.4, 0.5) is 0 Å². The van der Waals surface area contributed by atoms with Gasteiger partial charge < -0.3 is 15.7 Å². The Balaban J connectivity index is 1.72. The third-order valence-electron chi connectivity index (χ3n) is 3.39. The highest BCUT2D eigenvalue weighted by Crippen LogP contribution is 2.08. The van der Waals surface area contributed by atoms with Gasteiger partial charge in [-0.25, -0.2) is 0 Å². The Bertz CT molecular complexity index is 414. The average Bonchev–Trinajstić information content (AvgIpc) is 3.01. The summed E-state index contributed by atoms with van der Waals surface area (Å²) < 4.78 is 1.76. The van der Waals surface area contributed by atoms with Gasteiger partial charge in [0, 0.05) is 19.2 Å². The quantitative estimate of drug-likeness (QED) is 0.705. The summed E-state index contributed by atoms with van der Waals surface area (Å²) in [7, 11) is 0. The van der Waals surface area contributed by atoms with Gasteiger partial charge in [-0.3, -0.25) is 9.48 Å². The molecule has 1 aliphatic rings. The van der Waals surface area contributed by atoms with E-state index >= 15 is 0 Å². The summed E-state index contributed by atoms with van der Waals surface area (Å²) in [5, 5.41) is 16.7. The zero-order valence-electron chi connectivity index (χ0n) is 11.0. The lowest BCUT2D eigenvalue weighted by molar-refractivity contribution is -0.138. The molecule has 0 aromatic carbocycles. The van der Waals surface area contributed by atoms with Gasteiger partial charge in [0.25, 0.3) is 0 Å². The van der Waals surface area contributed by atoms with E-state index in [-0.39, 0.29) is 6.42 Å². The predicted molar refractivity (Wildman–Crippen MR) is 69.6 cm³/mol. The molecule has 1 aromatic heterocycles. The number of carbonyl (C=O) groups is 1. The van der Waals surface area contributed by atoms with Crippen LogP contribution in [0.2, 0.25) is 0 Å². The molecule has 0 spiro atoms. The summed E-state index contributed by atoms with van der Waals surface area (Å²) >= 11 is 0. The molecular formula is C12H21N5O2. The van der Waals surface area contributed by atoms with Crippen molar-refractivity contribution in [3.8, 4) is 0 Å². The van der Waals surface area contributed by atoms with E-state index in [0.29, 0.717) is 5.69 Å². The van der Waals surface area contributed by atoms with Crippen LogP contribution < -0.4 is 5.73 Å². The summed E-state index contributed by atoms with van der Waals surface area (Å²) in [4.78, 5) is 13.1. The van der Waals surface area contributed by atoms with Gasteiger partial charge in [-0.2, -0.15) is 0 Å². The van der Waals surface area contributed by atoms with Crippen LogP contribution in [0.1, 0.15) is 25.0 Å². The third kappa shape index (κ3) is 4.29. The lowest BCUT2D eigenvalue weighted by Gasteiger charge is -2.13. The van der Waals surface area contributed by atoms with Crippen molar-refractivity contribution in [3.05, 3.63) is 11.9 Å². The smallest absolute Gasteiger partial charge is 0.320 e. The summed E-state index contributed by atoms with van der Waals surface area (Å²) in [6, 6.07) is -0.908. The Hall–Kier alpha value is -1.47. The van der Waals surface area contributed by atoms with Crippen LogP contribution in [-0.2, 0) is 17.8 Å². The molecule has 1 aromatic rings. The molecule has 1 fully saturated rings. The number of nitrogens with zero attached hydrogens (tertiary/aromatic N) is 4. The molecule has 2 rings (SSSR count). The van der Waals surface area contributed by atoms with E-state index in [4.69, 9.17) is 10.8 Å². The maximum Gasteiger partial charge on any atom is 0.320 e. The largest absolute Gasteiger partial charge is 0.480 e. The van der Waals surface area contributed by atoms with Crippen molar-refractivity contribution in [2.45, 2.75) is 38.3 Å². The number of aliphatic carboxylic acids is 1. The lowest BCUT2D eigenvalue weighted by atomic mass is 10.2. The average molecular weight is 267 g/mol. The highest BCUT2D eigenvalue weighted by molar-refractivity contribution is 5.73. The standard InChI is InChI=1S/C12H21N5O2/c13-11(12(18)19)8-10-9-17(15-14-10)7-3-6-16-4-1-2-5-16/h9,11H,1-8,13H2,(H,18,19). The van der Waals surface area contributed by atoms with Gasteiger partial charge in [-0.15, -0.1) is 5.10 Å². The Morgan fingerprint density at radius 3 is 2.84 bits per heavy atom. The van der Waals surface area contributed by atoms with Crippen LogP contribution in [0.5, 0.6) is 0 Å². The first-order chi connectivity index (χ1) is 9.15. The number of nitrogens with two attached hydrogens (primary N) is 1. The van der Waals surface area contributed by atoms with Crippen molar-refractivity contribution in [2.75, 3.05) is 19.6 Å². The Morgan fingerprint density at radius 2 is 2.16 bits per heavy atom. The van der Waals surface area contributed by atoms with E-state index in [1.54, 1.807) is 10.9 Å². The van der Waals surface area contributed by atoms with Gasteiger partial charge in [0.1, 0.15) is 6.04 Å². The van der Waals surface area contributed by atoms with E-state index in [9.17, 15) is 4.79 Å². The summed E-state index contributed by atoms with van der Waals surface area (Å²) in [5.74, 6) is -1.01. The molecule has 0 saturated carbocycles. The molecule has 1 saturated heterocycles. The second-order valence-corrected chi connectivity index (χ2v) is 5.02. The molecular weight excluding hydrogens is 246 g/mol. The zero-order chi connectivity index (χ0) is 13.7.